The Bertz CT molecular complexity index is 810. The summed E-state index contributed by atoms with van der Waals surface area (Å²) in [4.78, 5) is 12.5. The topological polar surface area (TPSA) is 62.1 Å². The van der Waals surface area contributed by atoms with Crippen LogP contribution in [0.3, 0.4) is 0 Å². The smallest absolute Gasteiger partial charge is 0.266 e. The second-order valence-corrected chi connectivity index (χ2v) is 6.16. The van der Waals surface area contributed by atoms with Gasteiger partial charge in [0.25, 0.3) is 5.91 Å². The molecule has 0 aliphatic carbocycles. The van der Waals surface area contributed by atoms with Crippen LogP contribution in [0.25, 0.3) is 6.08 Å². The highest BCUT2D eigenvalue weighted by Gasteiger charge is 2.12. The van der Waals surface area contributed by atoms with Gasteiger partial charge >= 0.3 is 0 Å². The Kier molecular flexibility index (Phi) is 6.99. The molecule has 0 fully saturated rings. The minimum absolute atomic E-state index is 0.0623. The van der Waals surface area contributed by atoms with Gasteiger partial charge in [-0.3, -0.25) is 4.79 Å². The number of anilines is 1. The van der Waals surface area contributed by atoms with Crippen LogP contribution < -0.4 is 10.1 Å². The Labute approximate surface area is 155 Å². The first kappa shape index (κ1) is 19.3. The number of carbonyl (C=O) groups is 1. The van der Waals surface area contributed by atoms with Crippen molar-refractivity contribution < 1.29 is 9.53 Å². The second kappa shape index (κ2) is 9.43. The van der Waals surface area contributed by atoms with E-state index in [0.717, 1.165) is 41.0 Å². The molecule has 0 atom stereocenters. The number of ether oxygens (including phenoxy) is 1. The summed E-state index contributed by atoms with van der Waals surface area (Å²) in [5.41, 5.74) is 3.51. The number of nitrogens with zero attached hydrogens (tertiary/aromatic N) is 1. The minimum atomic E-state index is -0.409. The van der Waals surface area contributed by atoms with Crippen molar-refractivity contribution in [3.8, 4) is 11.8 Å². The number of para-hydroxylation sites is 1. The number of rotatable bonds is 7. The van der Waals surface area contributed by atoms with Gasteiger partial charge in [0, 0.05) is 5.69 Å². The number of benzene rings is 2. The number of hydrogen-bond acceptors (Lipinski definition) is 3. The van der Waals surface area contributed by atoms with Crippen molar-refractivity contribution in [1.82, 2.24) is 0 Å². The maximum Gasteiger partial charge on any atom is 0.266 e. The van der Waals surface area contributed by atoms with Gasteiger partial charge in [-0.25, -0.2) is 0 Å². The van der Waals surface area contributed by atoms with Crippen LogP contribution in [0.15, 0.2) is 48.0 Å². The molecule has 0 aliphatic rings. The van der Waals surface area contributed by atoms with E-state index in [1.165, 1.54) is 0 Å². The van der Waals surface area contributed by atoms with Crippen LogP contribution in [-0.2, 0) is 4.79 Å². The highest BCUT2D eigenvalue weighted by Crippen LogP contribution is 2.21. The minimum Gasteiger partial charge on any atom is -0.494 e. The van der Waals surface area contributed by atoms with Crippen molar-refractivity contribution in [3.05, 3.63) is 64.7 Å². The van der Waals surface area contributed by atoms with Crippen molar-refractivity contribution in [2.24, 2.45) is 0 Å². The molecule has 26 heavy (non-hydrogen) atoms. The van der Waals surface area contributed by atoms with E-state index in [1.807, 2.05) is 62.4 Å². The van der Waals surface area contributed by atoms with Gasteiger partial charge in [-0.15, -0.1) is 0 Å². The molecule has 1 N–H and O–H groups in total. The lowest BCUT2D eigenvalue weighted by Crippen LogP contribution is -2.15. The molecule has 0 heterocycles. The van der Waals surface area contributed by atoms with Crippen LogP contribution in [0, 0.1) is 25.2 Å². The number of aryl methyl sites for hydroxylation is 2. The van der Waals surface area contributed by atoms with Crippen LogP contribution in [0.1, 0.15) is 36.5 Å². The van der Waals surface area contributed by atoms with Crippen molar-refractivity contribution in [2.75, 3.05) is 11.9 Å². The van der Waals surface area contributed by atoms with E-state index in [1.54, 1.807) is 6.08 Å². The standard InChI is InChI=1S/C22H24N2O2/c1-4-5-13-26-20-11-9-18(10-12-20)14-19(15-23)22(25)24-21-16(2)7-6-8-17(21)3/h6-12,14H,4-5,13H2,1-3H3,(H,24,25). The molecule has 4 heteroatoms. The first-order chi connectivity index (χ1) is 12.5. The molecule has 2 aromatic carbocycles. The number of nitrogens with one attached hydrogen (secondary N) is 1. The summed E-state index contributed by atoms with van der Waals surface area (Å²) in [6.45, 7) is 6.66. The molecule has 4 nitrogen and oxygen atoms in total. The Hall–Kier alpha value is -3.06. The lowest BCUT2D eigenvalue weighted by molar-refractivity contribution is -0.112. The van der Waals surface area contributed by atoms with Gasteiger partial charge in [0.15, 0.2) is 0 Å². The maximum absolute atomic E-state index is 12.5. The average Bonchev–Trinajstić information content (AvgIpc) is 2.64. The van der Waals surface area contributed by atoms with E-state index in [-0.39, 0.29) is 5.57 Å². The summed E-state index contributed by atoms with van der Waals surface area (Å²) < 4.78 is 5.62. The third kappa shape index (κ3) is 5.22. The molecule has 0 bridgehead atoms. The average molecular weight is 348 g/mol. The number of unbranched alkanes of at least 4 members (excludes halogenated alkanes) is 1. The van der Waals surface area contributed by atoms with E-state index in [9.17, 15) is 10.1 Å². The van der Waals surface area contributed by atoms with Crippen molar-refractivity contribution in [3.63, 3.8) is 0 Å². The predicted octanol–water partition coefficient (Wildman–Crippen LogP) is 5.03. The van der Waals surface area contributed by atoms with Crippen LogP contribution in [0.2, 0.25) is 0 Å². The molecule has 0 saturated carbocycles. The number of carbonyl (C=O) groups excluding carboxylic acids is 1. The molecule has 0 saturated heterocycles. The predicted molar refractivity (Wildman–Crippen MR) is 105 cm³/mol. The lowest BCUT2D eigenvalue weighted by atomic mass is 10.1. The number of nitriles is 1. The number of amides is 1. The van der Waals surface area contributed by atoms with E-state index < -0.39 is 5.91 Å². The molecule has 0 unspecified atom stereocenters. The van der Waals surface area contributed by atoms with Crippen LogP contribution >= 0.6 is 0 Å². The summed E-state index contributed by atoms with van der Waals surface area (Å²) in [6, 6.07) is 15.1. The highest BCUT2D eigenvalue weighted by atomic mass is 16.5. The normalized spacial score (nSPS) is 10.9. The summed E-state index contributed by atoms with van der Waals surface area (Å²) in [5, 5.41) is 12.2. The fourth-order valence-corrected chi connectivity index (χ4v) is 2.50. The van der Waals surface area contributed by atoms with Gasteiger partial charge in [-0.2, -0.15) is 5.26 Å². The second-order valence-electron chi connectivity index (χ2n) is 6.16. The summed E-state index contributed by atoms with van der Waals surface area (Å²) >= 11 is 0. The third-order valence-corrected chi connectivity index (χ3v) is 4.04. The molecule has 134 valence electrons. The van der Waals surface area contributed by atoms with Gasteiger partial charge in [0.05, 0.1) is 6.61 Å². The zero-order valence-electron chi connectivity index (χ0n) is 15.5. The van der Waals surface area contributed by atoms with Gasteiger partial charge in [0.1, 0.15) is 17.4 Å². The summed E-state index contributed by atoms with van der Waals surface area (Å²) in [5.74, 6) is 0.377. The van der Waals surface area contributed by atoms with Gasteiger partial charge in [-0.1, -0.05) is 43.7 Å². The Morgan fingerprint density at radius 3 is 2.38 bits per heavy atom. The van der Waals surface area contributed by atoms with Gasteiger partial charge in [0.2, 0.25) is 0 Å². The molecular weight excluding hydrogens is 324 g/mol. The maximum atomic E-state index is 12.5. The van der Waals surface area contributed by atoms with Crippen LogP contribution in [0.4, 0.5) is 5.69 Å². The molecule has 0 aliphatic heterocycles. The van der Waals surface area contributed by atoms with Gasteiger partial charge in [-0.05, 0) is 55.2 Å². The SMILES string of the molecule is CCCCOc1ccc(C=C(C#N)C(=O)Nc2c(C)cccc2C)cc1. The fourth-order valence-electron chi connectivity index (χ4n) is 2.50. The first-order valence-electron chi connectivity index (χ1n) is 8.77. The molecule has 1 amide bonds. The van der Waals surface area contributed by atoms with E-state index >= 15 is 0 Å². The van der Waals surface area contributed by atoms with E-state index in [4.69, 9.17) is 4.74 Å². The monoisotopic (exact) mass is 348 g/mol. The highest BCUT2D eigenvalue weighted by molar-refractivity contribution is 6.10. The fraction of sp³-hybridized carbons (Fsp3) is 0.273. The molecule has 2 rings (SSSR count). The van der Waals surface area contributed by atoms with E-state index in [0.29, 0.717) is 6.61 Å². The zero-order valence-corrected chi connectivity index (χ0v) is 15.5. The van der Waals surface area contributed by atoms with Gasteiger partial charge < -0.3 is 10.1 Å². The molecule has 2 aromatic rings. The quantitative estimate of drug-likeness (QED) is 0.434. The number of hydrogen-bond donors (Lipinski definition) is 1. The largest absolute Gasteiger partial charge is 0.494 e. The Morgan fingerprint density at radius 1 is 1.15 bits per heavy atom. The zero-order chi connectivity index (χ0) is 18.9. The molecule has 0 spiro atoms. The van der Waals surface area contributed by atoms with E-state index in [2.05, 4.69) is 12.2 Å². The van der Waals surface area contributed by atoms with Crippen molar-refractivity contribution in [1.29, 1.82) is 5.26 Å². The van der Waals surface area contributed by atoms with Crippen LogP contribution in [0.5, 0.6) is 5.75 Å². The third-order valence-electron chi connectivity index (χ3n) is 4.04. The first-order valence-corrected chi connectivity index (χ1v) is 8.77. The lowest BCUT2D eigenvalue weighted by Gasteiger charge is -2.11. The molecular formula is C22H24N2O2. The Balaban J connectivity index is 2.12. The van der Waals surface area contributed by atoms with Crippen LogP contribution in [-0.4, -0.2) is 12.5 Å². The molecule has 0 radical (unpaired) electrons. The summed E-state index contributed by atoms with van der Waals surface area (Å²) in [7, 11) is 0. The van der Waals surface area contributed by atoms with Crippen molar-refractivity contribution in [2.45, 2.75) is 33.6 Å². The Morgan fingerprint density at radius 2 is 1.81 bits per heavy atom. The van der Waals surface area contributed by atoms with Crippen molar-refractivity contribution >= 4 is 17.7 Å². The summed E-state index contributed by atoms with van der Waals surface area (Å²) in [6.07, 6.45) is 3.68. The molecule has 0 aromatic heterocycles.